The molecule has 0 spiro atoms. The van der Waals surface area contributed by atoms with Crippen LogP contribution in [0.1, 0.15) is 0 Å². The Morgan fingerprint density at radius 2 is 2.12 bits per heavy atom. The van der Waals surface area contributed by atoms with Gasteiger partial charge in [0, 0.05) is 0 Å². The average molecular weight is 114 g/mol. The first-order chi connectivity index (χ1) is 3.80. The second kappa shape index (κ2) is 1.92. The summed E-state index contributed by atoms with van der Waals surface area (Å²) < 4.78 is 0. The number of nitrogens with one attached hydrogen (secondary N) is 2. The Bertz CT molecular complexity index is 116. The van der Waals surface area contributed by atoms with E-state index in [9.17, 15) is 9.59 Å². The molecule has 44 valence electrons. The molecule has 1 aliphatic heterocycles. The fraction of sp³-hybridized carbons (Fsp3) is 0.500. The lowest BCUT2D eigenvalue weighted by atomic mass is 10.3. The van der Waals surface area contributed by atoms with Gasteiger partial charge in [-0.15, -0.1) is 0 Å². The molecule has 0 aromatic carbocycles. The van der Waals surface area contributed by atoms with E-state index in [1.165, 1.54) is 0 Å². The highest BCUT2D eigenvalue weighted by Gasteiger charge is 2.15. The predicted molar refractivity (Wildman–Crippen MR) is 26.0 cm³/mol. The second-order valence-corrected chi connectivity index (χ2v) is 1.53. The molecule has 4 nitrogen and oxygen atoms in total. The van der Waals surface area contributed by atoms with Gasteiger partial charge in [-0.05, 0) is 0 Å². The minimum Gasteiger partial charge on any atom is -0.337 e. The van der Waals surface area contributed by atoms with E-state index >= 15 is 0 Å². The molecule has 0 unspecified atom stereocenters. The van der Waals surface area contributed by atoms with Gasteiger partial charge in [0.15, 0.2) is 0 Å². The summed E-state index contributed by atoms with van der Waals surface area (Å²) in [6.07, 6.45) is 0. The largest absolute Gasteiger partial charge is 0.337 e. The van der Waals surface area contributed by atoms with Gasteiger partial charge in [0.25, 0.3) is 5.91 Å². The lowest BCUT2D eigenvalue weighted by Gasteiger charge is -2.10. The van der Waals surface area contributed by atoms with Crippen molar-refractivity contribution in [3.05, 3.63) is 0 Å². The van der Waals surface area contributed by atoms with Gasteiger partial charge >= 0.3 is 0 Å². The van der Waals surface area contributed by atoms with E-state index in [0.717, 1.165) is 0 Å². The van der Waals surface area contributed by atoms with Crippen LogP contribution in [0.5, 0.6) is 0 Å². The maximum atomic E-state index is 10.3. The molecule has 1 fully saturated rings. The summed E-state index contributed by atoms with van der Waals surface area (Å²) >= 11 is 0. The third kappa shape index (κ3) is 0.840. The minimum absolute atomic E-state index is 0.172. The van der Waals surface area contributed by atoms with Crippen LogP contribution in [-0.4, -0.2) is 24.9 Å². The fourth-order valence-corrected chi connectivity index (χ4v) is 0.498. The monoisotopic (exact) mass is 114 g/mol. The van der Waals surface area contributed by atoms with Gasteiger partial charge < -0.3 is 5.32 Å². The maximum Gasteiger partial charge on any atom is 0.289 e. The third-order valence-electron chi connectivity index (χ3n) is 0.913. The molecular weight excluding hydrogens is 108 g/mol. The van der Waals surface area contributed by atoms with E-state index < -0.39 is 11.7 Å². The number of amides is 1. The van der Waals surface area contributed by atoms with Crippen molar-refractivity contribution in [2.24, 2.45) is 0 Å². The van der Waals surface area contributed by atoms with Gasteiger partial charge in [-0.25, -0.2) is 0 Å². The van der Waals surface area contributed by atoms with Crippen LogP contribution >= 0.6 is 0 Å². The van der Waals surface area contributed by atoms with Crippen LogP contribution in [0.3, 0.4) is 0 Å². The molecule has 0 aromatic rings. The maximum absolute atomic E-state index is 10.3. The van der Waals surface area contributed by atoms with E-state index in [4.69, 9.17) is 0 Å². The summed E-state index contributed by atoms with van der Waals surface area (Å²) in [6, 6.07) is 0. The third-order valence-corrected chi connectivity index (χ3v) is 0.913. The van der Waals surface area contributed by atoms with Crippen LogP contribution < -0.4 is 10.6 Å². The van der Waals surface area contributed by atoms with Gasteiger partial charge in [0.1, 0.15) is 0 Å². The number of hydrogen-bond acceptors (Lipinski definition) is 3. The van der Waals surface area contributed by atoms with Crippen molar-refractivity contribution in [3.63, 3.8) is 0 Å². The fourth-order valence-electron chi connectivity index (χ4n) is 0.498. The van der Waals surface area contributed by atoms with E-state index in [-0.39, 0.29) is 6.54 Å². The average Bonchev–Trinajstić information content (AvgIpc) is 1.77. The Balaban J connectivity index is 2.52. The predicted octanol–water partition coefficient (Wildman–Crippen LogP) is -1.77. The van der Waals surface area contributed by atoms with Crippen molar-refractivity contribution in [1.82, 2.24) is 10.6 Å². The van der Waals surface area contributed by atoms with Gasteiger partial charge in [-0.1, -0.05) is 0 Å². The summed E-state index contributed by atoms with van der Waals surface area (Å²) in [5.74, 6) is -0.875. The molecule has 0 atom stereocenters. The second-order valence-electron chi connectivity index (χ2n) is 1.53. The van der Waals surface area contributed by atoms with Gasteiger partial charge in [-0.3, -0.25) is 14.9 Å². The molecule has 8 heavy (non-hydrogen) atoms. The number of Topliss-reactive ketones (excluding diaryl/α,β-unsaturated/α-hetero) is 1. The summed E-state index contributed by atoms with van der Waals surface area (Å²) in [6.45, 7) is 0.580. The number of carbonyl (C=O) groups excluding carboxylic acids is 2. The zero-order valence-corrected chi connectivity index (χ0v) is 4.23. The minimum atomic E-state index is -0.483. The van der Waals surface area contributed by atoms with Crippen molar-refractivity contribution in [2.45, 2.75) is 0 Å². The van der Waals surface area contributed by atoms with Crippen LogP contribution in [0.4, 0.5) is 0 Å². The van der Waals surface area contributed by atoms with Crippen LogP contribution in [0.15, 0.2) is 0 Å². The number of ketones is 1. The first-order valence-corrected chi connectivity index (χ1v) is 2.32. The standard InChI is InChI=1S/C4H6N2O2/c7-3-1-5-2-6-4(3)8/h5H,1-2H2,(H,6,8). The molecule has 1 aliphatic rings. The first kappa shape index (κ1) is 5.24. The topological polar surface area (TPSA) is 58.2 Å². The lowest BCUT2D eigenvalue weighted by Crippen LogP contribution is -2.48. The zero-order valence-electron chi connectivity index (χ0n) is 4.23. The van der Waals surface area contributed by atoms with Crippen LogP contribution in [0.2, 0.25) is 0 Å². The molecule has 0 aromatic heterocycles. The van der Waals surface area contributed by atoms with Crippen LogP contribution in [0, 0.1) is 0 Å². The molecule has 0 saturated carbocycles. The zero-order chi connectivity index (χ0) is 5.98. The van der Waals surface area contributed by atoms with Gasteiger partial charge in [-0.2, -0.15) is 0 Å². The number of rotatable bonds is 0. The molecule has 1 saturated heterocycles. The number of hydrogen-bond donors (Lipinski definition) is 2. The molecule has 1 amide bonds. The lowest BCUT2D eigenvalue weighted by molar-refractivity contribution is -0.138. The summed E-state index contributed by atoms with van der Waals surface area (Å²) in [5, 5.41) is 5.02. The Labute approximate surface area is 46.3 Å². The van der Waals surface area contributed by atoms with Crippen LogP contribution in [-0.2, 0) is 9.59 Å². The van der Waals surface area contributed by atoms with Crippen molar-refractivity contribution in [3.8, 4) is 0 Å². The van der Waals surface area contributed by atoms with E-state index in [1.54, 1.807) is 0 Å². The van der Waals surface area contributed by atoms with Crippen molar-refractivity contribution < 1.29 is 9.59 Å². The Morgan fingerprint density at radius 3 is 2.50 bits per heavy atom. The van der Waals surface area contributed by atoms with Crippen molar-refractivity contribution in [1.29, 1.82) is 0 Å². The molecule has 1 heterocycles. The molecule has 2 N–H and O–H groups in total. The van der Waals surface area contributed by atoms with Crippen molar-refractivity contribution >= 4 is 11.7 Å². The number of carbonyl (C=O) groups is 2. The van der Waals surface area contributed by atoms with E-state index in [0.29, 0.717) is 6.67 Å². The van der Waals surface area contributed by atoms with Crippen molar-refractivity contribution in [2.75, 3.05) is 13.2 Å². The molecular formula is C4H6N2O2. The quantitative estimate of drug-likeness (QED) is 0.366. The van der Waals surface area contributed by atoms with Gasteiger partial charge in [0.05, 0.1) is 13.2 Å². The molecule has 0 aliphatic carbocycles. The van der Waals surface area contributed by atoms with Crippen LogP contribution in [0.25, 0.3) is 0 Å². The Kier molecular flexibility index (Phi) is 1.26. The van der Waals surface area contributed by atoms with Gasteiger partial charge in [0.2, 0.25) is 5.78 Å². The smallest absolute Gasteiger partial charge is 0.289 e. The Morgan fingerprint density at radius 1 is 1.38 bits per heavy atom. The highest BCUT2D eigenvalue weighted by molar-refractivity contribution is 6.37. The molecule has 4 heteroatoms. The Hall–Kier alpha value is -0.900. The highest BCUT2D eigenvalue weighted by Crippen LogP contribution is 1.74. The summed E-state index contributed by atoms with van der Waals surface area (Å²) in [5.41, 5.74) is 0. The molecule has 0 bridgehead atoms. The normalized spacial score (nSPS) is 20.5. The summed E-state index contributed by atoms with van der Waals surface area (Å²) in [7, 11) is 0. The summed E-state index contributed by atoms with van der Waals surface area (Å²) in [4.78, 5) is 20.6. The molecule has 0 radical (unpaired) electrons. The highest BCUT2D eigenvalue weighted by atomic mass is 16.2. The first-order valence-electron chi connectivity index (χ1n) is 2.32. The van der Waals surface area contributed by atoms with E-state index in [1.807, 2.05) is 0 Å². The molecule has 1 rings (SSSR count). The SMILES string of the molecule is O=C1CNCNC1=O. The van der Waals surface area contributed by atoms with E-state index in [2.05, 4.69) is 10.6 Å².